The molecule has 0 spiro atoms. The molecule has 0 atom stereocenters. The number of amides is 1. The van der Waals surface area contributed by atoms with Crippen LogP contribution in [-0.4, -0.2) is 30.3 Å². The number of fused-ring (bicyclic) bond motifs is 3. The number of ether oxygens (including phenoxy) is 1. The lowest BCUT2D eigenvalue weighted by Gasteiger charge is -2.14. The molecule has 2 N–H and O–H groups in total. The topological polar surface area (TPSA) is 75.6 Å². The summed E-state index contributed by atoms with van der Waals surface area (Å²) in [5.41, 5.74) is 6.76. The standard InChI is InChI=1S/C26H23NO4/c1-17-15-19(25(28)29)13-12-18(17)7-6-14-27-26(30)31-16-24-22-10-4-2-8-20(22)21-9-3-5-11-23(21)24/h2-13,15,24H,14,16H2,1H3,(H,27,30)(H,28,29). The molecule has 3 aromatic carbocycles. The number of rotatable bonds is 6. The molecule has 31 heavy (non-hydrogen) atoms. The summed E-state index contributed by atoms with van der Waals surface area (Å²) in [5.74, 6) is -0.917. The number of hydrogen-bond acceptors (Lipinski definition) is 3. The van der Waals surface area contributed by atoms with Gasteiger partial charge in [-0.25, -0.2) is 9.59 Å². The first kappa shape index (κ1) is 20.4. The highest BCUT2D eigenvalue weighted by molar-refractivity contribution is 5.88. The van der Waals surface area contributed by atoms with Crippen LogP contribution in [0.5, 0.6) is 0 Å². The molecule has 1 aliphatic rings. The van der Waals surface area contributed by atoms with E-state index in [1.54, 1.807) is 18.2 Å². The zero-order chi connectivity index (χ0) is 21.8. The van der Waals surface area contributed by atoms with Crippen LogP contribution in [0.2, 0.25) is 0 Å². The van der Waals surface area contributed by atoms with E-state index in [2.05, 4.69) is 29.6 Å². The third-order valence-electron chi connectivity index (χ3n) is 5.52. The van der Waals surface area contributed by atoms with Crippen LogP contribution in [0.4, 0.5) is 4.79 Å². The summed E-state index contributed by atoms with van der Waals surface area (Å²) in [4.78, 5) is 23.2. The van der Waals surface area contributed by atoms with Gasteiger partial charge in [0.25, 0.3) is 0 Å². The van der Waals surface area contributed by atoms with E-state index in [4.69, 9.17) is 9.84 Å². The van der Waals surface area contributed by atoms with Crippen molar-refractivity contribution in [2.75, 3.05) is 13.2 Å². The highest BCUT2D eigenvalue weighted by Gasteiger charge is 2.28. The van der Waals surface area contributed by atoms with Crippen molar-refractivity contribution in [1.29, 1.82) is 0 Å². The van der Waals surface area contributed by atoms with Gasteiger partial charge in [-0.05, 0) is 52.4 Å². The molecule has 0 radical (unpaired) electrons. The molecule has 1 aliphatic carbocycles. The van der Waals surface area contributed by atoms with Gasteiger partial charge in [0.05, 0.1) is 5.56 Å². The van der Waals surface area contributed by atoms with E-state index in [1.807, 2.05) is 43.3 Å². The Kier molecular flexibility index (Phi) is 5.85. The number of benzene rings is 3. The molecule has 1 amide bonds. The van der Waals surface area contributed by atoms with Gasteiger partial charge < -0.3 is 15.2 Å². The number of carbonyl (C=O) groups excluding carboxylic acids is 1. The number of hydrogen-bond donors (Lipinski definition) is 2. The molecule has 0 saturated heterocycles. The predicted molar refractivity (Wildman–Crippen MR) is 120 cm³/mol. The van der Waals surface area contributed by atoms with Gasteiger partial charge in [0.15, 0.2) is 0 Å². The first-order chi connectivity index (χ1) is 15.0. The fraction of sp³-hybridized carbons (Fsp3) is 0.154. The van der Waals surface area contributed by atoms with Crippen molar-refractivity contribution in [3.8, 4) is 11.1 Å². The van der Waals surface area contributed by atoms with Crippen molar-refractivity contribution in [2.24, 2.45) is 0 Å². The average Bonchev–Trinajstić information content (AvgIpc) is 3.10. The molecule has 0 heterocycles. The van der Waals surface area contributed by atoms with Crippen molar-refractivity contribution in [2.45, 2.75) is 12.8 Å². The minimum atomic E-state index is -0.949. The summed E-state index contributed by atoms with van der Waals surface area (Å²) in [7, 11) is 0. The SMILES string of the molecule is Cc1cc(C(=O)O)ccc1C=CCNC(=O)OCC1c2ccccc2-c2ccccc21. The largest absolute Gasteiger partial charge is 0.478 e. The van der Waals surface area contributed by atoms with Gasteiger partial charge in [-0.1, -0.05) is 66.7 Å². The summed E-state index contributed by atoms with van der Waals surface area (Å²) >= 11 is 0. The highest BCUT2D eigenvalue weighted by atomic mass is 16.5. The van der Waals surface area contributed by atoms with Crippen LogP contribution in [0.15, 0.2) is 72.8 Å². The van der Waals surface area contributed by atoms with Gasteiger partial charge in [-0.3, -0.25) is 0 Å². The molecule has 4 rings (SSSR count). The molecule has 0 bridgehead atoms. The third-order valence-corrected chi connectivity index (χ3v) is 5.52. The van der Waals surface area contributed by atoms with Crippen molar-refractivity contribution < 1.29 is 19.4 Å². The number of carboxylic acid groups (broad SMARTS) is 1. The zero-order valence-electron chi connectivity index (χ0n) is 17.2. The van der Waals surface area contributed by atoms with Crippen LogP contribution < -0.4 is 5.32 Å². The van der Waals surface area contributed by atoms with E-state index >= 15 is 0 Å². The average molecular weight is 413 g/mol. The molecule has 0 saturated carbocycles. The quantitative estimate of drug-likeness (QED) is 0.579. The Hall–Kier alpha value is -3.86. The normalized spacial score (nSPS) is 12.4. The van der Waals surface area contributed by atoms with Crippen LogP contribution in [0.25, 0.3) is 17.2 Å². The van der Waals surface area contributed by atoms with Crippen LogP contribution in [-0.2, 0) is 4.74 Å². The number of nitrogens with one attached hydrogen (secondary N) is 1. The Balaban J connectivity index is 1.32. The van der Waals surface area contributed by atoms with E-state index in [1.165, 1.54) is 22.3 Å². The first-order valence-electron chi connectivity index (χ1n) is 10.1. The van der Waals surface area contributed by atoms with Crippen molar-refractivity contribution in [3.05, 3.63) is 101 Å². The van der Waals surface area contributed by atoms with Crippen LogP contribution in [0, 0.1) is 6.92 Å². The second kappa shape index (κ2) is 8.88. The Labute approximate surface area is 181 Å². The van der Waals surface area contributed by atoms with Crippen LogP contribution >= 0.6 is 0 Å². The smallest absolute Gasteiger partial charge is 0.407 e. The highest BCUT2D eigenvalue weighted by Crippen LogP contribution is 2.44. The second-order valence-electron chi connectivity index (χ2n) is 7.49. The van der Waals surface area contributed by atoms with Gasteiger partial charge in [0.2, 0.25) is 0 Å². The lowest BCUT2D eigenvalue weighted by molar-refractivity contribution is 0.0696. The maximum absolute atomic E-state index is 12.2. The zero-order valence-corrected chi connectivity index (χ0v) is 17.2. The van der Waals surface area contributed by atoms with Gasteiger partial charge in [0, 0.05) is 12.5 Å². The van der Waals surface area contributed by atoms with E-state index < -0.39 is 12.1 Å². The van der Waals surface area contributed by atoms with Crippen molar-refractivity contribution in [1.82, 2.24) is 5.32 Å². The lowest BCUT2D eigenvalue weighted by Crippen LogP contribution is -2.26. The fourth-order valence-electron chi connectivity index (χ4n) is 3.97. The van der Waals surface area contributed by atoms with E-state index in [0.29, 0.717) is 6.54 Å². The Morgan fingerprint density at radius 3 is 2.26 bits per heavy atom. The van der Waals surface area contributed by atoms with Gasteiger partial charge in [-0.2, -0.15) is 0 Å². The van der Waals surface area contributed by atoms with Gasteiger partial charge in [0.1, 0.15) is 6.61 Å². The van der Waals surface area contributed by atoms with E-state index in [0.717, 1.165) is 11.1 Å². The minimum Gasteiger partial charge on any atom is -0.478 e. The monoisotopic (exact) mass is 413 g/mol. The Morgan fingerprint density at radius 2 is 1.65 bits per heavy atom. The molecule has 0 aliphatic heterocycles. The number of carboxylic acids is 1. The Morgan fingerprint density at radius 1 is 1.00 bits per heavy atom. The van der Waals surface area contributed by atoms with Crippen molar-refractivity contribution >= 4 is 18.1 Å². The summed E-state index contributed by atoms with van der Waals surface area (Å²) in [6, 6.07) is 21.4. The maximum Gasteiger partial charge on any atom is 0.407 e. The first-order valence-corrected chi connectivity index (χ1v) is 10.1. The second-order valence-corrected chi connectivity index (χ2v) is 7.49. The molecule has 156 valence electrons. The van der Waals surface area contributed by atoms with Crippen LogP contribution in [0.3, 0.4) is 0 Å². The van der Waals surface area contributed by atoms with E-state index in [-0.39, 0.29) is 18.1 Å². The molecule has 0 aromatic heterocycles. The van der Waals surface area contributed by atoms with Crippen molar-refractivity contribution in [3.63, 3.8) is 0 Å². The van der Waals surface area contributed by atoms with Gasteiger partial charge >= 0.3 is 12.1 Å². The van der Waals surface area contributed by atoms with Crippen LogP contribution in [0.1, 0.15) is 38.5 Å². The van der Waals surface area contributed by atoms with E-state index in [9.17, 15) is 9.59 Å². The van der Waals surface area contributed by atoms with Gasteiger partial charge in [-0.15, -0.1) is 0 Å². The number of aromatic carboxylic acids is 1. The minimum absolute atomic E-state index is 0.0316. The summed E-state index contributed by atoms with van der Waals surface area (Å²) in [5, 5.41) is 11.8. The molecular formula is C26H23NO4. The Bertz CT molecular complexity index is 1120. The summed E-state index contributed by atoms with van der Waals surface area (Å²) < 4.78 is 5.51. The summed E-state index contributed by atoms with van der Waals surface area (Å²) in [6.45, 7) is 2.45. The molecular weight excluding hydrogens is 390 g/mol. The predicted octanol–water partition coefficient (Wildman–Crippen LogP) is 5.25. The molecule has 5 heteroatoms. The molecule has 3 aromatic rings. The lowest BCUT2D eigenvalue weighted by atomic mass is 9.98. The number of aryl methyl sites for hydroxylation is 1. The molecule has 0 fully saturated rings. The maximum atomic E-state index is 12.2. The fourth-order valence-corrected chi connectivity index (χ4v) is 3.97. The summed E-state index contributed by atoms with van der Waals surface area (Å²) in [6.07, 6.45) is 3.19. The molecule has 0 unspecified atom stereocenters. The number of carbonyl (C=O) groups is 2. The molecule has 5 nitrogen and oxygen atoms in total. The number of alkyl carbamates (subject to hydrolysis) is 1. The third kappa shape index (κ3) is 4.36.